The van der Waals surface area contributed by atoms with Crippen LogP contribution in [-0.4, -0.2) is 5.51 Å². The predicted octanol–water partition coefficient (Wildman–Crippen LogP) is 4.60. The Labute approximate surface area is 104 Å². The largest absolute Gasteiger partial charge is 0.446 e. The van der Waals surface area contributed by atoms with Gasteiger partial charge < -0.3 is 0 Å². The van der Waals surface area contributed by atoms with E-state index in [9.17, 15) is 13.2 Å². The monoisotopic (exact) mass is 258 g/mol. The lowest BCUT2D eigenvalue weighted by molar-refractivity contribution is -0.0328. The van der Waals surface area contributed by atoms with Gasteiger partial charge in [0, 0.05) is 4.90 Å². The Morgan fingerprint density at radius 3 is 2.00 bits per heavy atom. The first-order valence-electron chi connectivity index (χ1n) is 5.05. The van der Waals surface area contributed by atoms with Crippen LogP contribution in [0.2, 0.25) is 0 Å². The zero-order chi connectivity index (χ0) is 13.1. The molecule has 1 aromatic carbocycles. The van der Waals surface area contributed by atoms with E-state index in [2.05, 4.69) is 11.8 Å². The van der Waals surface area contributed by atoms with Crippen LogP contribution in [-0.2, 0) is 5.41 Å². The number of halogens is 3. The number of thioether (sulfide) groups is 1. The molecular formula is C13H13F3S. The smallest absolute Gasteiger partial charge is 0.160 e. The first-order valence-corrected chi connectivity index (χ1v) is 5.86. The highest BCUT2D eigenvalue weighted by molar-refractivity contribution is 8.00. The average molecular weight is 258 g/mol. The summed E-state index contributed by atoms with van der Waals surface area (Å²) in [6.07, 6.45) is 0. The molecule has 0 radical (unpaired) electrons. The maximum Gasteiger partial charge on any atom is 0.446 e. The van der Waals surface area contributed by atoms with Gasteiger partial charge in [-0.1, -0.05) is 18.1 Å². The van der Waals surface area contributed by atoms with Gasteiger partial charge in [0.15, 0.2) is 0 Å². The van der Waals surface area contributed by atoms with Crippen LogP contribution in [0.4, 0.5) is 13.2 Å². The van der Waals surface area contributed by atoms with Crippen molar-refractivity contribution in [1.29, 1.82) is 0 Å². The zero-order valence-corrected chi connectivity index (χ0v) is 10.7. The van der Waals surface area contributed by atoms with E-state index in [1.54, 1.807) is 19.1 Å². The van der Waals surface area contributed by atoms with Crippen molar-refractivity contribution in [1.82, 2.24) is 0 Å². The Bertz CT molecular complexity index is 432. The molecule has 17 heavy (non-hydrogen) atoms. The van der Waals surface area contributed by atoms with Gasteiger partial charge >= 0.3 is 5.51 Å². The molecule has 0 aliphatic heterocycles. The van der Waals surface area contributed by atoms with Gasteiger partial charge in [-0.15, -0.1) is 5.92 Å². The first-order chi connectivity index (χ1) is 7.74. The van der Waals surface area contributed by atoms with Crippen molar-refractivity contribution in [3.8, 4) is 11.8 Å². The molecule has 0 N–H and O–H groups in total. The second kappa shape index (κ2) is 5.05. The van der Waals surface area contributed by atoms with E-state index in [-0.39, 0.29) is 22.1 Å². The van der Waals surface area contributed by atoms with Gasteiger partial charge in [-0.2, -0.15) is 13.2 Å². The topological polar surface area (TPSA) is 0 Å². The van der Waals surface area contributed by atoms with Gasteiger partial charge in [0.05, 0.1) is 5.41 Å². The van der Waals surface area contributed by atoms with Gasteiger partial charge in [0.2, 0.25) is 0 Å². The molecule has 1 rings (SSSR count). The van der Waals surface area contributed by atoms with Gasteiger partial charge in [0.1, 0.15) is 0 Å². The van der Waals surface area contributed by atoms with Crippen LogP contribution in [0.25, 0.3) is 0 Å². The van der Waals surface area contributed by atoms with E-state index in [1.165, 1.54) is 12.1 Å². The maximum absolute atomic E-state index is 12.1. The molecule has 0 amide bonds. The molecule has 92 valence electrons. The number of hydrogen-bond donors (Lipinski definition) is 0. The van der Waals surface area contributed by atoms with Crippen molar-refractivity contribution in [2.45, 2.75) is 36.6 Å². The molecule has 0 nitrogen and oxygen atoms in total. The zero-order valence-electron chi connectivity index (χ0n) is 9.85. The molecular weight excluding hydrogens is 245 g/mol. The Morgan fingerprint density at radius 1 is 1.06 bits per heavy atom. The number of hydrogen-bond acceptors (Lipinski definition) is 1. The van der Waals surface area contributed by atoms with Gasteiger partial charge in [-0.05, 0) is 50.2 Å². The third kappa shape index (κ3) is 4.35. The van der Waals surface area contributed by atoms with Crippen LogP contribution in [0.3, 0.4) is 0 Å². The summed E-state index contributed by atoms with van der Waals surface area (Å²) in [5.74, 6) is 5.85. The van der Waals surface area contributed by atoms with Crippen LogP contribution < -0.4 is 0 Å². The average Bonchev–Trinajstić information content (AvgIpc) is 2.15. The SMILES string of the molecule is CC#CC(C)(C)c1ccc(SC(F)(F)F)cc1. The minimum atomic E-state index is -4.24. The van der Waals surface area contributed by atoms with Gasteiger partial charge in [-0.25, -0.2) is 0 Å². The third-order valence-corrected chi connectivity index (χ3v) is 2.99. The molecule has 1 aromatic rings. The normalized spacial score (nSPS) is 11.9. The lowest BCUT2D eigenvalue weighted by atomic mass is 9.85. The highest BCUT2D eigenvalue weighted by Crippen LogP contribution is 2.37. The Morgan fingerprint density at radius 2 is 1.59 bits per heavy atom. The lowest BCUT2D eigenvalue weighted by Gasteiger charge is -2.18. The van der Waals surface area contributed by atoms with Gasteiger partial charge in [-0.3, -0.25) is 0 Å². The molecule has 0 bridgehead atoms. The predicted molar refractivity (Wildman–Crippen MR) is 64.8 cm³/mol. The lowest BCUT2D eigenvalue weighted by Crippen LogP contribution is -2.13. The minimum absolute atomic E-state index is 0.103. The molecule has 0 spiro atoms. The van der Waals surface area contributed by atoms with E-state index in [4.69, 9.17) is 0 Å². The first kappa shape index (κ1) is 14.0. The van der Waals surface area contributed by atoms with Crippen LogP contribution in [0.15, 0.2) is 29.2 Å². The molecule has 0 fully saturated rings. The Hall–Kier alpha value is -1.08. The summed E-state index contributed by atoms with van der Waals surface area (Å²) in [6, 6.07) is 6.34. The molecule has 4 heteroatoms. The van der Waals surface area contributed by atoms with Crippen molar-refractivity contribution in [2.75, 3.05) is 0 Å². The highest BCUT2D eigenvalue weighted by atomic mass is 32.2. The highest BCUT2D eigenvalue weighted by Gasteiger charge is 2.29. The van der Waals surface area contributed by atoms with Crippen LogP contribution in [0, 0.1) is 11.8 Å². The summed E-state index contributed by atoms with van der Waals surface area (Å²) in [4.78, 5) is 0.196. The standard InChI is InChI=1S/C13H13F3S/c1-4-9-12(2,3)10-5-7-11(8-6-10)17-13(14,15)16/h5-8H,1-3H3. The fourth-order valence-corrected chi connectivity index (χ4v) is 2.00. The van der Waals surface area contributed by atoms with E-state index in [1.807, 2.05) is 13.8 Å². The minimum Gasteiger partial charge on any atom is -0.160 e. The van der Waals surface area contributed by atoms with E-state index >= 15 is 0 Å². The molecule has 0 atom stereocenters. The van der Waals surface area contributed by atoms with Crippen molar-refractivity contribution in [3.05, 3.63) is 29.8 Å². The van der Waals surface area contributed by atoms with Crippen molar-refractivity contribution in [3.63, 3.8) is 0 Å². The fourth-order valence-electron chi connectivity index (χ4n) is 1.46. The quantitative estimate of drug-likeness (QED) is 0.552. The second-order valence-corrected chi connectivity index (χ2v) is 5.21. The Kier molecular flexibility index (Phi) is 4.16. The fraction of sp³-hybridized carbons (Fsp3) is 0.385. The van der Waals surface area contributed by atoms with Crippen LogP contribution >= 0.6 is 11.8 Å². The second-order valence-electron chi connectivity index (χ2n) is 4.07. The molecule has 0 unspecified atom stereocenters. The molecule has 0 saturated carbocycles. The van der Waals surface area contributed by atoms with Gasteiger partial charge in [0.25, 0.3) is 0 Å². The molecule has 0 aromatic heterocycles. The van der Waals surface area contributed by atoms with Crippen molar-refractivity contribution < 1.29 is 13.2 Å². The van der Waals surface area contributed by atoms with Crippen molar-refractivity contribution in [2.24, 2.45) is 0 Å². The number of benzene rings is 1. The summed E-state index contributed by atoms with van der Waals surface area (Å²) >= 11 is -0.103. The number of rotatable bonds is 2. The summed E-state index contributed by atoms with van der Waals surface area (Å²) in [6.45, 7) is 5.63. The van der Waals surface area contributed by atoms with E-state index in [0.717, 1.165) is 5.56 Å². The molecule has 0 aliphatic carbocycles. The summed E-state index contributed by atoms with van der Waals surface area (Å²) in [5.41, 5.74) is -3.66. The van der Waals surface area contributed by atoms with E-state index in [0.29, 0.717) is 0 Å². The molecule has 0 aliphatic rings. The number of alkyl halides is 3. The molecule has 0 saturated heterocycles. The summed E-state index contributed by atoms with van der Waals surface area (Å²) in [7, 11) is 0. The summed E-state index contributed by atoms with van der Waals surface area (Å²) < 4.78 is 36.4. The van der Waals surface area contributed by atoms with Crippen LogP contribution in [0.1, 0.15) is 26.3 Å². The molecule has 0 heterocycles. The Balaban J connectivity index is 2.91. The van der Waals surface area contributed by atoms with E-state index < -0.39 is 5.51 Å². The van der Waals surface area contributed by atoms with Crippen molar-refractivity contribution >= 4 is 11.8 Å². The third-order valence-electron chi connectivity index (χ3n) is 2.25. The summed E-state index contributed by atoms with van der Waals surface area (Å²) in [5, 5.41) is 0. The maximum atomic E-state index is 12.1. The van der Waals surface area contributed by atoms with Crippen LogP contribution in [0.5, 0.6) is 0 Å².